The van der Waals surface area contributed by atoms with E-state index in [1.54, 1.807) is 0 Å². The Bertz CT molecular complexity index is 213. The van der Waals surface area contributed by atoms with Gasteiger partial charge < -0.3 is 10.2 Å². The summed E-state index contributed by atoms with van der Waals surface area (Å²) < 4.78 is 0. The minimum Gasteiger partial charge on any atom is -0.316 e. The summed E-state index contributed by atoms with van der Waals surface area (Å²) in [6.45, 7) is 15.5. The summed E-state index contributed by atoms with van der Waals surface area (Å²) in [6, 6.07) is 0. The summed E-state index contributed by atoms with van der Waals surface area (Å²) in [5.74, 6) is 0.765. The molecule has 0 aromatic heterocycles. The summed E-state index contributed by atoms with van der Waals surface area (Å²) in [7, 11) is 0. The molecule has 2 nitrogen and oxygen atoms in total. The van der Waals surface area contributed by atoms with Crippen molar-refractivity contribution in [1.29, 1.82) is 0 Å². The Morgan fingerprint density at radius 2 is 1.63 bits per heavy atom. The molecule has 19 heavy (non-hydrogen) atoms. The van der Waals surface area contributed by atoms with Gasteiger partial charge in [-0.1, -0.05) is 40.5 Å². The van der Waals surface area contributed by atoms with E-state index < -0.39 is 0 Å². The predicted molar refractivity (Wildman–Crippen MR) is 85.6 cm³/mol. The molecule has 1 fully saturated rings. The van der Waals surface area contributed by atoms with Crippen LogP contribution in [0.25, 0.3) is 0 Å². The van der Waals surface area contributed by atoms with Gasteiger partial charge in [-0.15, -0.1) is 0 Å². The van der Waals surface area contributed by atoms with Crippen LogP contribution in [0.4, 0.5) is 0 Å². The lowest BCUT2D eigenvalue weighted by Gasteiger charge is -2.36. The van der Waals surface area contributed by atoms with Crippen molar-refractivity contribution in [1.82, 2.24) is 10.2 Å². The van der Waals surface area contributed by atoms with Crippen LogP contribution in [0.5, 0.6) is 0 Å². The molecule has 1 aliphatic carbocycles. The Kier molecular flexibility index (Phi) is 8.01. The number of nitrogens with one attached hydrogen (secondary N) is 1. The molecule has 1 rings (SSSR count). The van der Waals surface area contributed by atoms with Crippen LogP contribution in [0.1, 0.15) is 66.2 Å². The van der Waals surface area contributed by atoms with Gasteiger partial charge in [0, 0.05) is 13.1 Å². The van der Waals surface area contributed by atoms with E-state index in [9.17, 15) is 0 Å². The van der Waals surface area contributed by atoms with Crippen molar-refractivity contribution in [3.05, 3.63) is 0 Å². The Morgan fingerprint density at radius 3 is 2.11 bits per heavy atom. The minimum atomic E-state index is 0.569. The minimum absolute atomic E-state index is 0.569. The van der Waals surface area contributed by atoms with Crippen molar-refractivity contribution < 1.29 is 0 Å². The molecule has 1 N–H and O–H groups in total. The first kappa shape index (κ1) is 17.0. The fraction of sp³-hybridized carbons (Fsp3) is 1.00. The van der Waals surface area contributed by atoms with Crippen LogP contribution in [0.3, 0.4) is 0 Å². The molecule has 1 aliphatic rings. The van der Waals surface area contributed by atoms with Crippen LogP contribution in [0.15, 0.2) is 0 Å². The molecule has 0 unspecified atom stereocenters. The molecule has 0 spiro atoms. The quantitative estimate of drug-likeness (QED) is 0.646. The van der Waals surface area contributed by atoms with Crippen LogP contribution < -0.4 is 5.32 Å². The molecule has 0 aromatic rings. The second-order valence-corrected chi connectivity index (χ2v) is 7.01. The van der Waals surface area contributed by atoms with Crippen LogP contribution in [0.2, 0.25) is 0 Å². The molecule has 0 radical (unpaired) electrons. The zero-order valence-corrected chi connectivity index (χ0v) is 13.8. The Labute approximate surface area is 121 Å². The number of nitrogens with zero attached hydrogens (tertiary/aromatic N) is 1. The van der Waals surface area contributed by atoms with Crippen molar-refractivity contribution in [2.75, 3.05) is 32.7 Å². The zero-order chi connectivity index (χ0) is 14.1. The fourth-order valence-electron chi connectivity index (χ4n) is 3.52. The highest BCUT2D eigenvalue weighted by Crippen LogP contribution is 2.38. The summed E-state index contributed by atoms with van der Waals surface area (Å²) in [5, 5.41) is 3.73. The zero-order valence-electron chi connectivity index (χ0n) is 13.8. The molecule has 0 aliphatic heterocycles. The van der Waals surface area contributed by atoms with E-state index in [-0.39, 0.29) is 0 Å². The largest absolute Gasteiger partial charge is 0.316 e. The van der Waals surface area contributed by atoms with Gasteiger partial charge in [0.2, 0.25) is 0 Å². The van der Waals surface area contributed by atoms with Crippen LogP contribution in [0, 0.1) is 11.3 Å². The van der Waals surface area contributed by atoms with E-state index in [2.05, 4.69) is 37.9 Å². The Balaban J connectivity index is 2.49. The normalized spacial score (nSPS) is 18.6. The summed E-state index contributed by atoms with van der Waals surface area (Å²) in [4.78, 5) is 2.71. The van der Waals surface area contributed by atoms with Gasteiger partial charge in [0.15, 0.2) is 0 Å². The summed E-state index contributed by atoms with van der Waals surface area (Å²) >= 11 is 0. The van der Waals surface area contributed by atoms with E-state index >= 15 is 0 Å². The van der Waals surface area contributed by atoms with Gasteiger partial charge in [-0.25, -0.2) is 0 Å². The molecule has 1 saturated carbocycles. The highest BCUT2D eigenvalue weighted by atomic mass is 15.1. The Morgan fingerprint density at radius 1 is 1.05 bits per heavy atom. The van der Waals surface area contributed by atoms with Crippen molar-refractivity contribution in [2.24, 2.45) is 11.3 Å². The van der Waals surface area contributed by atoms with E-state index in [4.69, 9.17) is 0 Å². The van der Waals surface area contributed by atoms with Gasteiger partial charge in [-0.3, -0.25) is 0 Å². The lowest BCUT2D eigenvalue weighted by atomic mass is 9.85. The monoisotopic (exact) mass is 268 g/mol. The lowest BCUT2D eigenvalue weighted by Crippen LogP contribution is -2.43. The van der Waals surface area contributed by atoms with Gasteiger partial charge >= 0.3 is 0 Å². The third-order valence-electron chi connectivity index (χ3n) is 4.36. The summed E-state index contributed by atoms with van der Waals surface area (Å²) in [5.41, 5.74) is 0.569. The van der Waals surface area contributed by atoms with Gasteiger partial charge in [0.25, 0.3) is 0 Å². The second-order valence-electron chi connectivity index (χ2n) is 7.01. The molecular formula is C17H36N2. The first-order valence-corrected chi connectivity index (χ1v) is 8.55. The third kappa shape index (κ3) is 6.27. The topological polar surface area (TPSA) is 15.3 Å². The molecule has 0 saturated heterocycles. The summed E-state index contributed by atoms with van der Waals surface area (Å²) in [6.07, 6.45) is 8.32. The standard InChI is InChI=1S/C17H36N2/c1-5-11-19(12-6-2)15-17(9-7-8-10-17)14-18-13-16(3)4/h16,18H,5-15H2,1-4H3. The molecule has 114 valence electrons. The van der Waals surface area contributed by atoms with Crippen molar-refractivity contribution in [3.63, 3.8) is 0 Å². The van der Waals surface area contributed by atoms with Gasteiger partial charge in [0.1, 0.15) is 0 Å². The number of rotatable bonds is 10. The first-order chi connectivity index (χ1) is 9.12. The molecule has 0 bridgehead atoms. The van der Waals surface area contributed by atoms with E-state index in [1.807, 2.05) is 0 Å². The number of hydrogen-bond acceptors (Lipinski definition) is 2. The van der Waals surface area contributed by atoms with Gasteiger partial charge in [-0.2, -0.15) is 0 Å². The van der Waals surface area contributed by atoms with E-state index in [0.717, 1.165) is 5.92 Å². The molecular weight excluding hydrogens is 232 g/mol. The number of hydrogen-bond donors (Lipinski definition) is 1. The maximum absolute atomic E-state index is 3.73. The van der Waals surface area contributed by atoms with Crippen LogP contribution in [-0.2, 0) is 0 Å². The van der Waals surface area contributed by atoms with Gasteiger partial charge in [-0.05, 0) is 56.7 Å². The molecule has 0 aromatic carbocycles. The molecule has 2 heteroatoms. The van der Waals surface area contributed by atoms with Crippen molar-refractivity contribution in [2.45, 2.75) is 66.2 Å². The average Bonchev–Trinajstić information content (AvgIpc) is 2.78. The van der Waals surface area contributed by atoms with Crippen LogP contribution >= 0.6 is 0 Å². The van der Waals surface area contributed by atoms with Crippen molar-refractivity contribution >= 4 is 0 Å². The smallest absolute Gasteiger partial charge is 0.00501 e. The van der Waals surface area contributed by atoms with E-state index in [1.165, 1.54) is 71.2 Å². The lowest BCUT2D eigenvalue weighted by molar-refractivity contribution is 0.147. The average molecular weight is 268 g/mol. The highest BCUT2D eigenvalue weighted by molar-refractivity contribution is 4.89. The molecule has 0 atom stereocenters. The highest BCUT2D eigenvalue weighted by Gasteiger charge is 2.34. The third-order valence-corrected chi connectivity index (χ3v) is 4.36. The predicted octanol–water partition coefficient (Wildman–Crippen LogP) is 3.91. The maximum atomic E-state index is 3.73. The Hall–Kier alpha value is -0.0800. The van der Waals surface area contributed by atoms with E-state index in [0.29, 0.717) is 5.41 Å². The maximum Gasteiger partial charge on any atom is 0.00501 e. The molecule has 0 heterocycles. The SMILES string of the molecule is CCCN(CCC)CC1(CNCC(C)C)CCCC1. The van der Waals surface area contributed by atoms with Gasteiger partial charge in [0.05, 0.1) is 0 Å². The fourth-order valence-corrected chi connectivity index (χ4v) is 3.52. The first-order valence-electron chi connectivity index (χ1n) is 8.55. The second kappa shape index (κ2) is 8.97. The molecule has 0 amide bonds. The van der Waals surface area contributed by atoms with Crippen LogP contribution in [-0.4, -0.2) is 37.6 Å². The van der Waals surface area contributed by atoms with Crippen molar-refractivity contribution in [3.8, 4) is 0 Å².